The zero-order chi connectivity index (χ0) is 13.9. The van der Waals surface area contributed by atoms with Gasteiger partial charge in [0.25, 0.3) is 0 Å². The van der Waals surface area contributed by atoms with Crippen LogP contribution < -0.4 is 0 Å². The molecule has 3 rings (SSSR count). The third-order valence-electron chi connectivity index (χ3n) is 2.75. The zero-order valence-corrected chi connectivity index (χ0v) is 10.2. The largest absolute Gasteiger partial charge is 0.506 e. The Bertz CT molecular complexity index is 792. The molecule has 0 radical (unpaired) electrons. The van der Waals surface area contributed by atoms with Crippen LogP contribution in [-0.2, 0) is 0 Å². The molecule has 0 unspecified atom stereocenters. The summed E-state index contributed by atoms with van der Waals surface area (Å²) in [5.41, 5.74) is 2.50. The molecule has 0 bridgehead atoms. The first kappa shape index (κ1) is 12.0. The van der Waals surface area contributed by atoms with Gasteiger partial charge in [-0.05, 0) is 36.4 Å². The number of fused-ring (bicyclic) bond motifs is 1. The number of carbonyl (C=O) groups excluding carboxylic acids is 1. The van der Waals surface area contributed by atoms with Gasteiger partial charge in [0.05, 0.1) is 5.69 Å². The number of aromatic hydroxyl groups is 1. The van der Waals surface area contributed by atoms with Crippen molar-refractivity contribution < 1.29 is 9.90 Å². The monoisotopic (exact) mass is 267 g/mol. The van der Waals surface area contributed by atoms with E-state index in [1.807, 2.05) is 0 Å². The van der Waals surface area contributed by atoms with Crippen molar-refractivity contribution >= 4 is 28.7 Å². The lowest BCUT2D eigenvalue weighted by Gasteiger charge is -1.98. The van der Waals surface area contributed by atoms with Gasteiger partial charge in [0.15, 0.2) is 5.69 Å². The minimum atomic E-state index is -0.0168. The Morgan fingerprint density at radius 2 is 1.90 bits per heavy atom. The topological polar surface area (TPSA) is 104 Å². The van der Waals surface area contributed by atoms with E-state index in [0.717, 1.165) is 6.29 Å². The number of phenols is 1. The van der Waals surface area contributed by atoms with Gasteiger partial charge in [0.1, 0.15) is 23.1 Å². The van der Waals surface area contributed by atoms with Crippen molar-refractivity contribution in [2.45, 2.75) is 0 Å². The molecule has 1 aromatic heterocycles. The third-order valence-corrected chi connectivity index (χ3v) is 2.75. The van der Waals surface area contributed by atoms with Crippen LogP contribution in [0.3, 0.4) is 0 Å². The summed E-state index contributed by atoms with van der Waals surface area (Å²) in [6.07, 6.45) is 0.754. The molecule has 0 fully saturated rings. The average Bonchev–Trinajstić information content (AvgIpc) is 2.95. The number of H-pyrrole nitrogens is 1. The first-order chi connectivity index (χ1) is 9.78. The Hall–Kier alpha value is -3.09. The van der Waals surface area contributed by atoms with Gasteiger partial charge in [-0.3, -0.25) is 9.89 Å². The smallest absolute Gasteiger partial charge is 0.155 e. The Labute approximate surface area is 113 Å². The number of hydrogen-bond acceptors (Lipinski definition) is 6. The number of nitrogens with zero attached hydrogens (tertiary/aromatic N) is 4. The van der Waals surface area contributed by atoms with Gasteiger partial charge in [0, 0.05) is 5.56 Å². The fourth-order valence-electron chi connectivity index (χ4n) is 1.72. The molecule has 7 nitrogen and oxygen atoms in total. The predicted octanol–water partition coefficient (Wildman–Crippen LogP) is 2.89. The molecule has 0 aliphatic rings. The lowest BCUT2D eigenvalue weighted by molar-refractivity contribution is 0.112. The summed E-state index contributed by atoms with van der Waals surface area (Å²) in [7, 11) is 0. The van der Waals surface area contributed by atoms with Crippen LogP contribution in [0.1, 0.15) is 10.4 Å². The maximum absolute atomic E-state index is 10.6. The Balaban J connectivity index is 1.99. The minimum Gasteiger partial charge on any atom is -0.506 e. The molecule has 0 amide bonds. The normalized spacial score (nSPS) is 11.2. The molecule has 0 spiro atoms. The molecule has 0 aliphatic carbocycles. The van der Waals surface area contributed by atoms with Gasteiger partial charge in [0.2, 0.25) is 0 Å². The molecule has 0 saturated heterocycles. The van der Waals surface area contributed by atoms with Crippen molar-refractivity contribution in [3.05, 3.63) is 42.0 Å². The van der Waals surface area contributed by atoms with Crippen LogP contribution in [0.4, 0.5) is 11.4 Å². The zero-order valence-electron chi connectivity index (χ0n) is 10.2. The highest BCUT2D eigenvalue weighted by atomic mass is 16.3. The lowest BCUT2D eigenvalue weighted by atomic mass is 10.2. The first-order valence-corrected chi connectivity index (χ1v) is 5.77. The lowest BCUT2D eigenvalue weighted by Crippen LogP contribution is -1.76. The third kappa shape index (κ3) is 2.12. The summed E-state index contributed by atoms with van der Waals surface area (Å²) < 4.78 is 0. The van der Waals surface area contributed by atoms with E-state index < -0.39 is 0 Å². The highest BCUT2D eigenvalue weighted by Gasteiger charge is 2.08. The second kappa shape index (κ2) is 4.88. The number of aromatic amines is 1. The number of carbonyl (C=O) groups is 1. The molecule has 2 aromatic carbocycles. The Morgan fingerprint density at radius 3 is 2.65 bits per heavy atom. The van der Waals surface area contributed by atoms with Gasteiger partial charge < -0.3 is 5.11 Å². The summed E-state index contributed by atoms with van der Waals surface area (Å²) in [6.45, 7) is 0. The highest BCUT2D eigenvalue weighted by molar-refractivity contribution is 5.88. The Kier molecular flexibility index (Phi) is 2.92. The molecule has 7 heteroatoms. The van der Waals surface area contributed by atoms with Crippen molar-refractivity contribution in [3.63, 3.8) is 0 Å². The van der Waals surface area contributed by atoms with Crippen LogP contribution in [0.5, 0.6) is 5.75 Å². The number of aldehydes is 1. The molecule has 0 aliphatic heterocycles. The second-order valence-corrected chi connectivity index (χ2v) is 4.05. The Morgan fingerprint density at radius 1 is 1.10 bits per heavy atom. The fourth-order valence-corrected chi connectivity index (χ4v) is 1.72. The van der Waals surface area contributed by atoms with Gasteiger partial charge in [-0.25, -0.2) is 0 Å². The molecule has 0 saturated carbocycles. The highest BCUT2D eigenvalue weighted by Crippen LogP contribution is 2.33. The molecule has 2 N–H and O–H groups in total. The summed E-state index contributed by atoms with van der Waals surface area (Å²) in [5, 5.41) is 28.0. The van der Waals surface area contributed by atoms with E-state index in [-0.39, 0.29) is 11.4 Å². The van der Waals surface area contributed by atoms with E-state index in [1.54, 1.807) is 30.3 Å². The first-order valence-electron chi connectivity index (χ1n) is 5.77. The van der Waals surface area contributed by atoms with Crippen LogP contribution in [0.25, 0.3) is 11.0 Å². The van der Waals surface area contributed by atoms with E-state index in [4.69, 9.17) is 0 Å². The number of phenolic OH excluding ortho intramolecular Hbond substituents is 1. The number of benzene rings is 2. The van der Waals surface area contributed by atoms with Crippen molar-refractivity contribution in [1.29, 1.82) is 0 Å². The van der Waals surface area contributed by atoms with E-state index in [1.165, 1.54) is 6.07 Å². The molecule has 1 heterocycles. The second-order valence-electron chi connectivity index (χ2n) is 4.05. The van der Waals surface area contributed by atoms with E-state index in [0.29, 0.717) is 22.3 Å². The summed E-state index contributed by atoms with van der Waals surface area (Å²) in [5.74, 6) is -0.0168. The number of rotatable bonds is 3. The quantitative estimate of drug-likeness (QED) is 0.562. The molecule has 0 atom stereocenters. The van der Waals surface area contributed by atoms with Gasteiger partial charge in [-0.1, -0.05) is 5.21 Å². The van der Waals surface area contributed by atoms with Crippen LogP contribution >= 0.6 is 0 Å². The van der Waals surface area contributed by atoms with Crippen molar-refractivity contribution in [3.8, 4) is 5.75 Å². The number of hydrogen-bond donors (Lipinski definition) is 2. The number of aromatic nitrogens is 3. The molecule has 98 valence electrons. The summed E-state index contributed by atoms with van der Waals surface area (Å²) >= 11 is 0. The molecule has 20 heavy (non-hydrogen) atoms. The van der Waals surface area contributed by atoms with Crippen LogP contribution in [0, 0.1) is 0 Å². The summed E-state index contributed by atoms with van der Waals surface area (Å²) in [4.78, 5) is 10.6. The average molecular weight is 267 g/mol. The minimum absolute atomic E-state index is 0.0168. The van der Waals surface area contributed by atoms with Crippen molar-refractivity contribution in [2.24, 2.45) is 10.2 Å². The standard InChI is InChI=1S/C13H9N5O2/c19-7-8-1-3-9(4-2-8)14-16-13-11(20)6-5-10-12(13)17-18-15-10/h1-7,20H,(H,15,17,18)/b16-14+. The van der Waals surface area contributed by atoms with E-state index >= 15 is 0 Å². The molecular weight excluding hydrogens is 258 g/mol. The fraction of sp³-hybridized carbons (Fsp3) is 0. The van der Waals surface area contributed by atoms with Crippen LogP contribution in [0.2, 0.25) is 0 Å². The van der Waals surface area contributed by atoms with Crippen molar-refractivity contribution in [2.75, 3.05) is 0 Å². The SMILES string of the molecule is O=Cc1ccc(/N=N/c2c(O)ccc3nn[nH]c23)cc1. The molecular formula is C13H9N5O2. The predicted molar refractivity (Wildman–Crippen MR) is 71.6 cm³/mol. The van der Waals surface area contributed by atoms with Gasteiger partial charge >= 0.3 is 0 Å². The van der Waals surface area contributed by atoms with Crippen LogP contribution in [-0.4, -0.2) is 26.8 Å². The molecule has 3 aromatic rings. The maximum atomic E-state index is 10.6. The number of nitrogens with one attached hydrogen (secondary N) is 1. The van der Waals surface area contributed by atoms with Crippen LogP contribution in [0.15, 0.2) is 46.6 Å². The van der Waals surface area contributed by atoms with E-state index in [9.17, 15) is 9.90 Å². The van der Waals surface area contributed by atoms with E-state index in [2.05, 4.69) is 25.6 Å². The van der Waals surface area contributed by atoms with Gasteiger partial charge in [-0.2, -0.15) is 5.11 Å². The maximum Gasteiger partial charge on any atom is 0.155 e. The summed E-state index contributed by atoms with van der Waals surface area (Å²) in [6, 6.07) is 9.71. The number of azo groups is 1. The van der Waals surface area contributed by atoms with Crippen molar-refractivity contribution in [1.82, 2.24) is 15.4 Å². The van der Waals surface area contributed by atoms with Gasteiger partial charge in [-0.15, -0.1) is 10.2 Å².